The highest BCUT2D eigenvalue weighted by atomic mass is 16.5. The smallest absolute Gasteiger partial charge is 0.0494 e. The molecule has 0 saturated heterocycles. The fraction of sp³-hybridized carbons (Fsp3) is 0.778. The minimum atomic E-state index is 0.631. The first-order chi connectivity index (χ1) is 9.06. The summed E-state index contributed by atoms with van der Waals surface area (Å²) < 4.78 is 5.64. The zero-order valence-corrected chi connectivity index (χ0v) is 13.7. The maximum Gasteiger partial charge on any atom is 0.0494 e. The molecule has 0 fully saturated rings. The average Bonchev–Trinajstić information content (AvgIpc) is 2.34. The molecule has 112 valence electrons. The summed E-state index contributed by atoms with van der Waals surface area (Å²) in [6.45, 7) is 13.0. The van der Waals surface area contributed by atoms with E-state index in [2.05, 4.69) is 58.9 Å². The maximum absolute atomic E-state index is 5.64. The second-order valence-corrected chi connectivity index (χ2v) is 6.08. The maximum atomic E-state index is 5.64. The average molecular weight is 266 g/mol. The molecule has 0 aromatic heterocycles. The Hall–Kier alpha value is -0.560. The molecule has 0 radical (unpaired) electrons. The van der Waals surface area contributed by atoms with Gasteiger partial charge in [0.05, 0.1) is 0 Å². The van der Waals surface area contributed by atoms with E-state index in [-0.39, 0.29) is 0 Å². The molecule has 0 aliphatic carbocycles. The van der Waals surface area contributed by atoms with Crippen LogP contribution in [0.5, 0.6) is 0 Å². The van der Waals surface area contributed by atoms with Gasteiger partial charge in [-0.05, 0) is 37.0 Å². The van der Waals surface area contributed by atoms with Crippen molar-refractivity contribution in [2.24, 2.45) is 17.8 Å². The molecular formula is C18H34O. The Morgan fingerprint density at radius 2 is 1.63 bits per heavy atom. The van der Waals surface area contributed by atoms with Crippen molar-refractivity contribution in [1.29, 1.82) is 0 Å². The van der Waals surface area contributed by atoms with Crippen LogP contribution in [0, 0.1) is 17.8 Å². The van der Waals surface area contributed by atoms with E-state index in [0.717, 1.165) is 26.1 Å². The third-order valence-corrected chi connectivity index (χ3v) is 3.08. The number of allylic oxidation sites excluding steroid dienone is 4. The van der Waals surface area contributed by atoms with Crippen LogP contribution in [0.25, 0.3) is 0 Å². The van der Waals surface area contributed by atoms with Gasteiger partial charge >= 0.3 is 0 Å². The van der Waals surface area contributed by atoms with Crippen molar-refractivity contribution in [3.63, 3.8) is 0 Å². The van der Waals surface area contributed by atoms with Crippen molar-refractivity contribution < 1.29 is 4.74 Å². The van der Waals surface area contributed by atoms with Gasteiger partial charge in [0, 0.05) is 13.2 Å². The number of unbranched alkanes of at least 4 members (excludes halogenated alkanes) is 1. The van der Waals surface area contributed by atoms with Crippen LogP contribution >= 0.6 is 0 Å². The Morgan fingerprint density at radius 3 is 2.26 bits per heavy atom. The molecule has 0 saturated carbocycles. The van der Waals surface area contributed by atoms with Gasteiger partial charge < -0.3 is 4.74 Å². The SMILES string of the molecule is CCCCOCC(C)C/C=C/C(C)C/C=C/C(C)C. The molecule has 1 heteroatoms. The third kappa shape index (κ3) is 13.7. The molecule has 2 atom stereocenters. The molecule has 0 aliphatic heterocycles. The summed E-state index contributed by atoms with van der Waals surface area (Å²) in [5.74, 6) is 1.94. The summed E-state index contributed by atoms with van der Waals surface area (Å²) in [4.78, 5) is 0. The van der Waals surface area contributed by atoms with E-state index in [0.29, 0.717) is 17.8 Å². The zero-order valence-electron chi connectivity index (χ0n) is 13.7. The molecule has 1 nitrogen and oxygen atoms in total. The van der Waals surface area contributed by atoms with E-state index in [1.54, 1.807) is 0 Å². The van der Waals surface area contributed by atoms with Gasteiger partial charge in [-0.2, -0.15) is 0 Å². The molecule has 0 bridgehead atoms. The van der Waals surface area contributed by atoms with Gasteiger partial charge in [0.1, 0.15) is 0 Å². The van der Waals surface area contributed by atoms with Crippen LogP contribution in [0.4, 0.5) is 0 Å². The van der Waals surface area contributed by atoms with Gasteiger partial charge in [-0.3, -0.25) is 0 Å². The number of ether oxygens (including phenoxy) is 1. The lowest BCUT2D eigenvalue weighted by Crippen LogP contribution is -2.06. The molecule has 0 rings (SSSR count). The lowest BCUT2D eigenvalue weighted by atomic mass is 10.0. The first-order valence-corrected chi connectivity index (χ1v) is 7.97. The highest BCUT2D eigenvalue weighted by Gasteiger charge is 2.00. The molecule has 0 aromatic carbocycles. The molecule has 0 aromatic rings. The van der Waals surface area contributed by atoms with E-state index in [1.807, 2.05) is 0 Å². The minimum absolute atomic E-state index is 0.631. The van der Waals surface area contributed by atoms with Crippen molar-refractivity contribution >= 4 is 0 Å². The standard InChI is InChI=1S/C18H34O/c1-6-7-14-19-15-18(5)13-9-12-17(4)11-8-10-16(2)3/h8-10,12,16-18H,6-7,11,13-15H2,1-5H3/b10-8+,12-9+. The number of hydrogen-bond donors (Lipinski definition) is 0. The fourth-order valence-corrected chi connectivity index (χ4v) is 1.79. The third-order valence-electron chi connectivity index (χ3n) is 3.08. The molecule has 2 unspecified atom stereocenters. The fourth-order valence-electron chi connectivity index (χ4n) is 1.79. The summed E-state index contributed by atoms with van der Waals surface area (Å²) in [7, 11) is 0. The van der Waals surface area contributed by atoms with E-state index >= 15 is 0 Å². The molecule has 0 spiro atoms. The largest absolute Gasteiger partial charge is 0.381 e. The first-order valence-electron chi connectivity index (χ1n) is 7.97. The Kier molecular flexibility index (Phi) is 12.1. The topological polar surface area (TPSA) is 9.23 Å². The second-order valence-electron chi connectivity index (χ2n) is 6.08. The van der Waals surface area contributed by atoms with Gasteiger partial charge in [0.25, 0.3) is 0 Å². The second kappa shape index (κ2) is 12.5. The number of hydrogen-bond acceptors (Lipinski definition) is 1. The summed E-state index contributed by atoms with van der Waals surface area (Å²) in [5.41, 5.74) is 0. The van der Waals surface area contributed by atoms with Gasteiger partial charge in [-0.15, -0.1) is 0 Å². The number of rotatable bonds is 11. The molecular weight excluding hydrogens is 232 g/mol. The molecule has 0 amide bonds. The quantitative estimate of drug-likeness (QED) is 0.348. The van der Waals surface area contributed by atoms with Gasteiger partial charge in [0.15, 0.2) is 0 Å². The van der Waals surface area contributed by atoms with E-state index in [4.69, 9.17) is 4.74 Å². The van der Waals surface area contributed by atoms with E-state index in [1.165, 1.54) is 12.8 Å². The van der Waals surface area contributed by atoms with Gasteiger partial charge in [-0.1, -0.05) is 65.3 Å². The first kappa shape index (κ1) is 18.4. The van der Waals surface area contributed by atoms with E-state index < -0.39 is 0 Å². The normalized spacial score (nSPS) is 15.7. The predicted octanol–water partition coefficient (Wildman–Crippen LogP) is 5.62. The Bertz CT molecular complexity index is 240. The van der Waals surface area contributed by atoms with Crippen LogP contribution in [0.15, 0.2) is 24.3 Å². The molecule has 0 heterocycles. The summed E-state index contributed by atoms with van der Waals surface area (Å²) >= 11 is 0. The van der Waals surface area contributed by atoms with Crippen LogP contribution in [0.3, 0.4) is 0 Å². The van der Waals surface area contributed by atoms with E-state index in [9.17, 15) is 0 Å². The summed E-state index contributed by atoms with van der Waals surface area (Å²) in [6, 6.07) is 0. The Morgan fingerprint density at radius 1 is 0.947 bits per heavy atom. The van der Waals surface area contributed by atoms with Gasteiger partial charge in [-0.25, -0.2) is 0 Å². The van der Waals surface area contributed by atoms with Crippen molar-refractivity contribution in [2.45, 2.75) is 60.3 Å². The van der Waals surface area contributed by atoms with Crippen LogP contribution in [-0.2, 0) is 4.74 Å². The Labute approximate surface area is 121 Å². The lowest BCUT2D eigenvalue weighted by Gasteiger charge is -2.10. The molecule has 0 N–H and O–H groups in total. The van der Waals surface area contributed by atoms with Crippen molar-refractivity contribution in [1.82, 2.24) is 0 Å². The highest BCUT2D eigenvalue weighted by Crippen LogP contribution is 2.10. The van der Waals surface area contributed by atoms with Crippen LogP contribution < -0.4 is 0 Å². The minimum Gasteiger partial charge on any atom is -0.381 e. The molecule has 19 heavy (non-hydrogen) atoms. The van der Waals surface area contributed by atoms with Crippen molar-refractivity contribution in [3.05, 3.63) is 24.3 Å². The van der Waals surface area contributed by atoms with Crippen molar-refractivity contribution in [3.8, 4) is 0 Å². The predicted molar refractivity (Wildman–Crippen MR) is 86.4 cm³/mol. The van der Waals surface area contributed by atoms with Crippen LogP contribution in [0.2, 0.25) is 0 Å². The lowest BCUT2D eigenvalue weighted by molar-refractivity contribution is 0.103. The summed E-state index contributed by atoms with van der Waals surface area (Å²) in [5, 5.41) is 0. The van der Waals surface area contributed by atoms with Gasteiger partial charge in [0.2, 0.25) is 0 Å². The monoisotopic (exact) mass is 266 g/mol. The Balaban J connectivity index is 3.64. The van der Waals surface area contributed by atoms with Crippen molar-refractivity contribution in [2.75, 3.05) is 13.2 Å². The van der Waals surface area contributed by atoms with Crippen LogP contribution in [-0.4, -0.2) is 13.2 Å². The van der Waals surface area contributed by atoms with Crippen LogP contribution in [0.1, 0.15) is 60.3 Å². The summed E-state index contributed by atoms with van der Waals surface area (Å²) in [6.07, 6.45) is 13.9. The highest BCUT2D eigenvalue weighted by molar-refractivity contribution is 4.93. The zero-order chi connectivity index (χ0) is 14.5. The molecule has 0 aliphatic rings.